The van der Waals surface area contributed by atoms with Gasteiger partial charge in [0, 0.05) is 25.0 Å². The minimum atomic E-state index is -4.53. The standard InChI is InChI=1S/C18H21F3N2O3/c19-18(20,21)14-3-1-2-4-15(14)26-11-16(24)23-9-7-13(8-10-23)22-17(25)12-5-6-12/h1-4,12-13H,5-11H2,(H,22,25). The molecule has 0 unspecified atom stereocenters. The van der Waals surface area contributed by atoms with Crippen LogP contribution in [0.15, 0.2) is 24.3 Å². The van der Waals surface area contributed by atoms with Crippen molar-refractivity contribution >= 4 is 11.8 Å². The second kappa shape index (κ2) is 7.55. The van der Waals surface area contributed by atoms with Crippen molar-refractivity contribution < 1.29 is 27.5 Å². The van der Waals surface area contributed by atoms with E-state index in [4.69, 9.17) is 4.74 Å². The van der Waals surface area contributed by atoms with Crippen molar-refractivity contribution in [1.82, 2.24) is 10.2 Å². The average molecular weight is 370 g/mol. The van der Waals surface area contributed by atoms with Crippen LogP contribution in [-0.2, 0) is 15.8 Å². The van der Waals surface area contributed by atoms with Gasteiger partial charge in [0.2, 0.25) is 5.91 Å². The van der Waals surface area contributed by atoms with Crippen molar-refractivity contribution in [3.63, 3.8) is 0 Å². The van der Waals surface area contributed by atoms with E-state index in [1.807, 2.05) is 0 Å². The monoisotopic (exact) mass is 370 g/mol. The topological polar surface area (TPSA) is 58.6 Å². The second-order valence-corrected chi connectivity index (χ2v) is 6.72. The average Bonchev–Trinajstić information content (AvgIpc) is 3.45. The van der Waals surface area contributed by atoms with Crippen LogP contribution in [0.3, 0.4) is 0 Å². The maximum Gasteiger partial charge on any atom is 0.419 e. The molecule has 1 aliphatic heterocycles. The Balaban J connectivity index is 1.47. The number of ether oxygens (including phenoxy) is 1. The number of likely N-dealkylation sites (tertiary alicyclic amines) is 1. The molecule has 1 heterocycles. The van der Waals surface area contributed by atoms with Crippen LogP contribution in [0.1, 0.15) is 31.2 Å². The van der Waals surface area contributed by atoms with Gasteiger partial charge in [-0.2, -0.15) is 13.2 Å². The third-order valence-corrected chi connectivity index (χ3v) is 4.69. The molecular weight excluding hydrogens is 349 g/mol. The van der Waals surface area contributed by atoms with Crippen molar-refractivity contribution in [2.24, 2.45) is 5.92 Å². The smallest absolute Gasteiger partial charge is 0.419 e. The molecule has 5 nitrogen and oxygen atoms in total. The first-order chi connectivity index (χ1) is 12.3. The summed E-state index contributed by atoms with van der Waals surface area (Å²) in [5.41, 5.74) is -0.894. The highest BCUT2D eigenvalue weighted by molar-refractivity contribution is 5.81. The molecular formula is C18H21F3N2O3. The highest BCUT2D eigenvalue weighted by atomic mass is 19.4. The molecule has 2 aliphatic rings. The highest BCUT2D eigenvalue weighted by Crippen LogP contribution is 2.35. The van der Waals surface area contributed by atoms with Crippen LogP contribution in [0.4, 0.5) is 13.2 Å². The predicted molar refractivity (Wildman–Crippen MR) is 87.4 cm³/mol. The van der Waals surface area contributed by atoms with E-state index in [-0.39, 0.29) is 29.5 Å². The number of halogens is 3. The summed E-state index contributed by atoms with van der Waals surface area (Å²) in [4.78, 5) is 25.5. The quantitative estimate of drug-likeness (QED) is 0.867. The van der Waals surface area contributed by atoms with Gasteiger partial charge in [0.25, 0.3) is 5.91 Å². The van der Waals surface area contributed by atoms with E-state index in [1.165, 1.54) is 18.2 Å². The first kappa shape index (κ1) is 18.5. The van der Waals surface area contributed by atoms with Gasteiger partial charge in [-0.1, -0.05) is 12.1 Å². The Hall–Kier alpha value is -2.25. The summed E-state index contributed by atoms with van der Waals surface area (Å²) in [6.45, 7) is 0.476. The van der Waals surface area contributed by atoms with Crippen LogP contribution in [0.5, 0.6) is 5.75 Å². The Morgan fingerprint density at radius 3 is 2.38 bits per heavy atom. The zero-order chi connectivity index (χ0) is 18.7. The zero-order valence-electron chi connectivity index (χ0n) is 14.2. The SMILES string of the molecule is O=C(NC1CCN(C(=O)COc2ccccc2C(F)(F)F)CC1)C1CC1. The summed E-state index contributed by atoms with van der Waals surface area (Å²) in [6.07, 6.45) is -1.36. The summed E-state index contributed by atoms with van der Waals surface area (Å²) in [5, 5.41) is 2.99. The van der Waals surface area contributed by atoms with E-state index < -0.39 is 18.3 Å². The summed E-state index contributed by atoms with van der Waals surface area (Å²) in [6, 6.07) is 4.89. The molecule has 26 heavy (non-hydrogen) atoms. The van der Waals surface area contributed by atoms with Gasteiger partial charge >= 0.3 is 6.18 Å². The molecule has 0 radical (unpaired) electrons. The number of nitrogens with one attached hydrogen (secondary N) is 1. The molecule has 1 saturated carbocycles. The Morgan fingerprint density at radius 2 is 1.77 bits per heavy atom. The lowest BCUT2D eigenvalue weighted by Gasteiger charge is -2.32. The first-order valence-corrected chi connectivity index (χ1v) is 8.72. The van der Waals surface area contributed by atoms with E-state index >= 15 is 0 Å². The van der Waals surface area contributed by atoms with Crippen LogP contribution in [-0.4, -0.2) is 42.5 Å². The Bertz CT molecular complexity index is 666. The summed E-state index contributed by atoms with van der Waals surface area (Å²) in [5.74, 6) is -0.465. The second-order valence-electron chi connectivity index (χ2n) is 6.72. The van der Waals surface area contributed by atoms with Gasteiger partial charge in [0.1, 0.15) is 5.75 Å². The van der Waals surface area contributed by atoms with Gasteiger partial charge in [0.15, 0.2) is 6.61 Å². The molecule has 1 aromatic carbocycles. The van der Waals surface area contributed by atoms with Gasteiger partial charge in [-0.25, -0.2) is 0 Å². The molecule has 142 valence electrons. The van der Waals surface area contributed by atoms with E-state index in [0.29, 0.717) is 25.9 Å². The number of benzene rings is 1. The molecule has 1 aliphatic carbocycles. The number of rotatable bonds is 5. The number of hydrogen-bond acceptors (Lipinski definition) is 3. The van der Waals surface area contributed by atoms with Crippen molar-refractivity contribution in [1.29, 1.82) is 0 Å². The number of hydrogen-bond donors (Lipinski definition) is 1. The molecule has 0 spiro atoms. The fourth-order valence-electron chi connectivity index (χ4n) is 3.00. The van der Waals surface area contributed by atoms with Crippen LogP contribution in [0.2, 0.25) is 0 Å². The van der Waals surface area contributed by atoms with E-state index in [1.54, 1.807) is 4.90 Å². The number of alkyl halides is 3. The maximum absolute atomic E-state index is 12.9. The van der Waals surface area contributed by atoms with E-state index in [9.17, 15) is 22.8 Å². The number of para-hydroxylation sites is 1. The van der Waals surface area contributed by atoms with E-state index in [2.05, 4.69) is 5.32 Å². The number of carbonyl (C=O) groups excluding carboxylic acids is 2. The minimum absolute atomic E-state index is 0.0547. The summed E-state index contributed by atoms with van der Waals surface area (Å²) >= 11 is 0. The normalized spacial score (nSPS) is 18.5. The fourth-order valence-corrected chi connectivity index (χ4v) is 3.00. The Labute approximate surface area is 149 Å². The van der Waals surface area contributed by atoms with Crippen LogP contribution >= 0.6 is 0 Å². The largest absolute Gasteiger partial charge is 0.483 e. The number of carbonyl (C=O) groups is 2. The lowest BCUT2D eigenvalue weighted by molar-refractivity contribution is -0.141. The van der Waals surface area contributed by atoms with Gasteiger partial charge in [0.05, 0.1) is 5.56 Å². The molecule has 0 atom stereocenters. The Kier molecular flexibility index (Phi) is 5.38. The molecule has 1 saturated heterocycles. The third kappa shape index (κ3) is 4.68. The summed E-state index contributed by atoms with van der Waals surface area (Å²) < 4.78 is 43.9. The van der Waals surface area contributed by atoms with Crippen molar-refractivity contribution in [3.8, 4) is 5.75 Å². The number of nitrogens with zero attached hydrogens (tertiary/aromatic N) is 1. The van der Waals surface area contributed by atoms with Crippen LogP contribution < -0.4 is 10.1 Å². The van der Waals surface area contributed by atoms with Crippen molar-refractivity contribution in [2.75, 3.05) is 19.7 Å². The molecule has 2 fully saturated rings. The maximum atomic E-state index is 12.9. The van der Waals surface area contributed by atoms with Crippen LogP contribution in [0.25, 0.3) is 0 Å². The van der Waals surface area contributed by atoms with Gasteiger partial charge in [-0.05, 0) is 37.8 Å². The Morgan fingerprint density at radius 1 is 1.12 bits per heavy atom. The molecule has 0 bridgehead atoms. The molecule has 2 amide bonds. The van der Waals surface area contributed by atoms with Crippen molar-refractivity contribution in [2.45, 2.75) is 37.9 Å². The van der Waals surface area contributed by atoms with Crippen LogP contribution in [0, 0.1) is 5.92 Å². The predicted octanol–water partition coefficient (Wildman–Crippen LogP) is 2.60. The lowest BCUT2D eigenvalue weighted by Crippen LogP contribution is -2.48. The minimum Gasteiger partial charge on any atom is -0.483 e. The van der Waals surface area contributed by atoms with Gasteiger partial charge in [-0.15, -0.1) is 0 Å². The molecule has 8 heteroatoms. The summed E-state index contributed by atoms with van der Waals surface area (Å²) in [7, 11) is 0. The zero-order valence-corrected chi connectivity index (χ0v) is 14.2. The third-order valence-electron chi connectivity index (χ3n) is 4.69. The lowest BCUT2D eigenvalue weighted by atomic mass is 10.0. The fraction of sp³-hybridized carbons (Fsp3) is 0.556. The number of amides is 2. The van der Waals surface area contributed by atoms with Crippen molar-refractivity contribution in [3.05, 3.63) is 29.8 Å². The van der Waals surface area contributed by atoms with Gasteiger partial charge in [-0.3, -0.25) is 9.59 Å². The van der Waals surface area contributed by atoms with E-state index in [0.717, 1.165) is 18.9 Å². The number of piperidine rings is 1. The molecule has 1 aromatic rings. The molecule has 3 rings (SSSR count). The molecule has 1 N–H and O–H groups in total. The first-order valence-electron chi connectivity index (χ1n) is 8.72. The highest BCUT2D eigenvalue weighted by Gasteiger charge is 2.35. The molecule has 0 aromatic heterocycles. The van der Waals surface area contributed by atoms with Gasteiger partial charge < -0.3 is 15.0 Å².